The van der Waals surface area contributed by atoms with E-state index in [0.29, 0.717) is 32.5 Å². The molecule has 0 spiro atoms. The number of benzene rings is 3. The van der Waals surface area contributed by atoms with Crippen molar-refractivity contribution in [3.8, 4) is 11.5 Å². The van der Waals surface area contributed by atoms with Crippen molar-refractivity contribution < 1.29 is 54.9 Å². The van der Waals surface area contributed by atoms with Crippen molar-refractivity contribution in [3.05, 3.63) is 77.1 Å². The Labute approximate surface area is 269 Å². The summed E-state index contributed by atoms with van der Waals surface area (Å²) in [4.78, 5) is 41.6. The normalized spacial score (nSPS) is 22.9. The molecule has 3 aromatic heterocycles. The minimum Gasteiger partial charge on any atom is -0.508 e. The van der Waals surface area contributed by atoms with Crippen LogP contribution in [0.15, 0.2) is 54.9 Å². The number of aromatic amines is 1. The first-order chi connectivity index (χ1) is 23.1. The average Bonchev–Trinajstić information content (AvgIpc) is 3.69. The van der Waals surface area contributed by atoms with Crippen LogP contribution in [0.1, 0.15) is 38.1 Å². The number of H-pyrrole nitrogens is 1. The quantitative estimate of drug-likeness (QED) is 0.119. The van der Waals surface area contributed by atoms with Gasteiger partial charge in [0.1, 0.15) is 42.5 Å². The van der Waals surface area contributed by atoms with Gasteiger partial charge < -0.3 is 50.0 Å². The minimum atomic E-state index is -1.75. The maximum Gasteiger partial charge on any atom is 0.286 e. The molecule has 15 nitrogen and oxygen atoms in total. The second-order valence-electron chi connectivity index (χ2n) is 11.9. The third-order valence-electron chi connectivity index (χ3n) is 9.20. The van der Waals surface area contributed by atoms with Crippen LogP contribution in [-0.4, -0.2) is 98.2 Å². The minimum absolute atomic E-state index is 0.00234. The summed E-state index contributed by atoms with van der Waals surface area (Å²) in [5.41, 5.74) is 2.03. The topological polar surface area (TPSA) is 231 Å². The van der Waals surface area contributed by atoms with E-state index in [1.165, 1.54) is 47.3 Å². The lowest BCUT2D eigenvalue weighted by Crippen LogP contribution is -2.56. The van der Waals surface area contributed by atoms with Crippen molar-refractivity contribution in [2.75, 3.05) is 6.61 Å². The molecule has 8 rings (SSSR count). The van der Waals surface area contributed by atoms with Crippen LogP contribution in [0, 0.1) is 0 Å². The van der Waals surface area contributed by atoms with Crippen molar-refractivity contribution in [1.82, 2.24) is 19.6 Å². The number of hydrogen-bond donors (Lipinski definition) is 8. The molecule has 0 bridgehead atoms. The van der Waals surface area contributed by atoms with Crippen molar-refractivity contribution in [3.63, 3.8) is 0 Å². The van der Waals surface area contributed by atoms with Crippen LogP contribution < -0.4 is 0 Å². The van der Waals surface area contributed by atoms with E-state index in [-0.39, 0.29) is 63.2 Å². The van der Waals surface area contributed by atoms with Crippen molar-refractivity contribution >= 4 is 55.4 Å². The predicted octanol–water partition coefficient (Wildman–Crippen LogP) is 1.43. The molecule has 0 radical (unpaired) electrons. The highest BCUT2D eigenvalue weighted by Crippen LogP contribution is 2.48. The molecule has 246 valence electrons. The molecule has 48 heavy (non-hydrogen) atoms. The number of hydroxylamine groups is 2. The molecule has 5 unspecified atom stereocenters. The van der Waals surface area contributed by atoms with Crippen LogP contribution >= 0.6 is 0 Å². The molecule has 1 saturated heterocycles. The number of carbonyl (C=O) groups excluding carboxylic acids is 2. The van der Waals surface area contributed by atoms with Gasteiger partial charge in [0.2, 0.25) is 0 Å². The number of ether oxygens (including phenoxy) is 1. The fourth-order valence-electron chi connectivity index (χ4n) is 6.94. The van der Waals surface area contributed by atoms with Gasteiger partial charge in [0.25, 0.3) is 11.8 Å². The van der Waals surface area contributed by atoms with Gasteiger partial charge in [-0.2, -0.15) is 0 Å². The molecule has 5 heterocycles. The molecule has 2 aliphatic heterocycles. The lowest BCUT2D eigenvalue weighted by atomic mass is 9.96. The lowest BCUT2D eigenvalue weighted by molar-refractivity contribution is -0.249. The van der Waals surface area contributed by atoms with Gasteiger partial charge in [0, 0.05) is 51.6 Å². The third-order valence-corrected chi connectivity index (χ3v) is 9.20. The van der Waals surface area contributed by atoms with E-state index in [9.17, 15) is 45.3 Å². The summed E-state index contributed by atoms with van der Waals surface area (Å²) >= 11 is 0. The molecule has 6 aromatic rings. The number of phenolic OH excluding ortho intramolecular Hbond substituents is 2. The first-order valence-electron chi connectivity index (χ1n) is 15.0. The molecule has 8 N–H and O–H groups in total. The summed E-state index contributed by atoms with van der Waals surface area (Å²) in [6, 6.07) is 10.3. The van der Waals surface area contributed by atoms with Crippen LogP contribution in [0.5, 0.6) is 11.5 Å². The SMILES string of the molecule is O=C1c2c(c3c4ccc(O)cc4n(C4OC(CO)C(O)C(O)C4O)c3c3[nH]c4cc(O)ccc4c23)C(=O)N1OCc1ccncc1CO. The zero-order chi connectivity index (χ0) is 33.6. The monoisotopic (exact) mass is 656 g/mol. The highest BCUT2D eigenvalue weighted by molar-refractivity contribution is 6.39. The van der Waals surface area contributed by atoms with Gasteiger partial charge in [-0.1, -0.05) is 0 Å². The zero-order valence-corrected chi connectivity index (χ0v) is 24.8. The molecule has 15 heteroatoms. The fourth-order valence-corrected chi connectivity index (χ4v) is 6.94. The van der Waals surface area contributed by atoms with E-state index in [0.717, 1.165) is 0 Å². The van der Waals surface area contributed by atoms with E-state index in [1.54, 1.807) is 12.1 Å². The van der Waals surface area contributed by atoms with E-state index < -0.39 is 49.1 Å². The largest absolute Gasteiger partial charge is 0.508 e. The number of nitrogens with one attached hydrogen (secondary N) is 1. The summed E-state index contributed by atoms with van der Waals surface area (Å²) in [6.07, 6.45) is -4.98. The Morgan fingerprint density at radius 3 is 2.29 bits per heavy atom. The number of rotatable bonds is 6. The second-order valence-corrected chi connectivity index (χ2v) is 11.9. The van der Waals surface area contributed by atoms with Gasteiger partial charge in [-0.05, 0) is 35.9 Å². The first-order valence-corrected chi connectivity index (χ1v) is 15.0. The first kappa shape index (κ1) is 30.2. The van der Waals surface area contributed by atoms with E-state index >= 15 is 0 Å². The van der Waals surface area contributed by atoms with Crippen LogP contribution in [-0.2, 0) is 22.8 Å². The van der Waals surface area contributed by atoms with Crippen LogP contribution in [0.25, 0.3) is 43.6 Å². The van der Waals surface area contributed by atoms with E-state index in [2.05, 4.69) is 9.97 Å². The Bertz CT molecular complexity index is 2310. The van der Waals surface area contributed by atoms with Crippen molar-refractivity contribution in [2.24, 2.45) is 0 Å². The van der Waals surface area contributed by atoms with Gasteiger partial charge >= 0.3 is 0 Å². The standard InChI is InChI=1S/C33H28N4O11/c38-10-14-9-34-6-5-13(14)12-47-37-31(45)24-22-17-3-1-15(40)7-19(17)35-26(22)27-23(25(24)32(37)46)18-4-2-16(41)8-20(18)36(27)33-30(44)29(43)28(42)21(11-39)48-33/h1-9,21,28-30,33,35,38-44H,10-12H2. The number of pyridine rings is 1. The Morgan fingerprint density at radius 1 is 0.854 bits per heavy atom. The highest BCUT2D eigenvalue weighted by atomic mass is 16.7. The van der Waals surface area contributed by atoms with Crippen LogP contribution in [0.3, 0.4) is 0 Å². The maximum absolute atomic E-state index is 14.3. The summed E-state index contributed by atoms with van der Waals surface area (Å²) in [6.45, 7) is -1.30. The predicted molar refractivity (Wildman–Crippen MR) is 167 cm³/mol. The Balaban J connectivity index is 1.44. The number of imide groups is 1. The maximum atomic E-state index is 14.3. The molecule has 0 saturated carbocycles. The van der Waals surface area contributed by atoms with Crippen LogP contribution in [0.2, 0.25) is 0 Å². The number of hydrogen-bond acceptors (Lipinski definition) is 12. The van der Waals surface area contributed by atoms with E-state index in [4.69, 9.17) is 9.57 Å². The fraction of sp³-hybridized carbons (Fsp3) is 0.242. The Kier molecular flexibility index (Phi) is 6.90. The molecule has 1 fully saturated rings. The number of aromatic hydroxyl groups is 2. The van der Waals surface area contributed by atoms with Crippen molar-refractivity contribution in [2.45, 2.75) is 43.9 Å². The van der Waals surface area contributed by atoms with Gasteiger partial charge in [0.05, 0.1) is 46.4 Å². The van der Waals surface area contributed by atoms with Gasteiger partial charge in [-0.15, -0.1) is 5.06 Å². The molecule has 2 aliphatic rings. The molecular formula is C33H28N4O11. The summed E-state index contributed by atoms with van der Waals surface area (Å²) in [5.74, 6) is -1.85. The number of aliphatic hydroxyl groups is 5. The number of fused-ring (bicyclic) bond motifs is 10. The van der Waals surface area contributed by atoms with Gasteiger partial charge in [0.15, 0.2) is 6.23 Å². The summed E-state index contributed by atoms with van der Waals surface area (Å²) < 4.78 is 7.42. The van der Waals surface area contributed by atoms with Crippen LogP contribution in [0.4, 0.5) is 0 Å². The number of aliphatic hydroxyl groups excluding tert-OH is 5. The molecule has 2 amide bonds. The van der Waals surface area contributed by atoms with Crippen molar-refractivity contribution in [1.29, 1.82) is 0 Å². The van der Waals surface area contributed by atoms with Gasteiger partial charge in [-0.25, -0.2) is 0 Å². The number of nitrogens with zero attached hydrogens (tertiary/aromatic N) is 3. The number of phenols is 2. The number of carbonyl (C=O) groups is 2. The molecular weight excluding hydrogens is 628 g/mol. The summed E-state index contributed by atoms with van der Waals surface area (Å²) in [5, 5.41) is 75.1. The average molecular weight is 657 g/mol. The Hall–Kier alpha value is -5.13. The lowest BCUT2D eigenvalue weighted by Gasteiger charge is -2.41. The van der Waals surface area contributed by atoms with E-state index in [1.807, 2.05) is 0 Å². The highest BCUT2D eigenvalue weighted by Gasteiger charge is 2.47. The third kappa shape index (κ3) is 4.17. The molecule has 5 atom stereocenters. The number of aromatic nitrogens is 3. The van der Waals surface area contributed by atoms with Gasteiger partial charge in [-0.3, -0.25) is 19.4 Å². The second kappa shape index (κ2) is 11.0. The number of amides is 2. The molecule has 3 aromatic carbocycles. The smallest absolute Gasteiger partial charge is 0.286 e. The Morgan fingerprint density at radius 2 is 1.56 bits per heavy atom. The molecule has 0 aliphatic carbocycles. The summed E-state index contributed by atoms with van der Waals surface area (Å²) in [7, 11) is 0. The zero-order valence-electron chi connectivity index (χ0n) is 24.8.